The molecule has 2 fully saturated rings. The third-order valence-corrected chi connectivity index (χ3v) is 3.85. The number of nitrogens with one attached hydrogen (secondary N) is 1. The second kappa shape index (κ2) is 4.72. The molecule has 2 aliphatic rings. The molecular formula is C12H23N3O. The maximum atomic E-state index is 11.9. The van der Waals surface area contributed by atoms with Gasteiger partial charge < -0.3 is 11.1 Å². The molecule has 0 spiro atoms. The maximum absolute atomic E-state index is 11.9. The van der Waals surface area contributed by atoms with Crippen molar-refractivity contribution in [1.29, 1.82) is 0 Å². The van der Waals surface area contributed by atoms with Crippen LogP contribution in [0.3, 0.4) is 0 Å². The van der Waals surface area contributed by atoms with E-state index in [9.17, 15) is 4.79 Å². The van der Waals surface area contributed by atoms with Crippen LogP contribution in [0.1, 0.15) is 33.1 Å². The first-order valence-corrected chi connectivity index (χ1v) is 6.38. The van der Waals surface area contributed by atoms with Crippen LogP contribution in [0.5, 0.6) is 0 Å². The number of amides is 1. The van der Waals surface area contributed by atoms with Gasteiger partial charge in [0.05, 0.1) is 6.04 Å². The summed E-state index contributed by atoms with van der Waals surface area (Å²) in [5.41, 5.74) is 5.98. The zero-order valence-electron chi connectivity index (χ0n) is 10.3. The van der Waals surface area contributed by atoms with Gasteiger partial charge in [-0.3, -0.25) is 9.69 Å². The first-order valence-electron chi connectivity index (χ1n) is 6.38. The Bertz CT molecular complexity index is 265. The van der Waals surface area contributed by atoms with E-state index in [0.29, 0.717) is 18.0 Å². The highest BCUT2D eigenvalue weighted by molar-refractivity contribution is 5.81. The van der Waals surface area contributed by atoms with Crippen LogP contribution >= 0.6 is 0 Å². The first kappa shape index (κ1) is 11.9. The van der Waals surface area contributed by atoms with Crippen LogP contribution in [0, 0.1) is 5.92 Å². The average molecular weight is 225 g/mol. The van der Waals surface area contributed by atoms with Crippen molar-refractivity contribution in [1.82, 2.24) is 10.2 Å². The third-order valence-electron chi connectivity index (χ3n) is 3.85. The quantitative estimate of drug-likeness (QED) is 0.727. The molecular weight excluding hydrogens is 202 g/mol. The smallest absolute Gasteiger partial charge is 0.237 e. The van der Waals surface area contributed by atoms with Gasteiger partial charge in [0, 0.05) is 25.2 Å². The summed E-state index contributed by atoms with van der Waals surface area (Å²) in [7, 11) is 0. The summed E-state index contributed by atoms with van der Waals surface area (Å²) in [5, 5.41) is 3.07. The van der Waals surface area contributed by atoms with E-state index < -0.39 is 0 Å². The lowest BCUT2D eigenvalue weighted by Gasteiger charge is -2.38. The molecule has 1 aliphatic heterocycles. The van der Waals surface area contributed by atoms with Gasteiger partial charge in [-0.2, -0.15) is 0 Å². The lowest BCUT2D eigenvalue weighted by Crippen LogP contribution is -2.53. The number of carbonyl (C=O) groups excluding carboxylic acids is 1. The van der Waals surface area contributed by atoms with Crippen LogP contribution in [0.25, 0.3) is 0 Å². The van der Waals surface area contributed by atoms with Crippen molar-refractivity contribution < 1.29 is 4.79 Å². The summed E-state index contributed by atoms with van der Waals surface area (Å²) in [6, 6.07) is 0.755. The van der Waals surface area contributed by atoms with Crippen LogP contribution in [-0.4, -0.2) is 42.0 Å². The fourth-order valence-electron chi connectivity index (χ4n) is 2.26. The van der Waals surface area contributed by atoms with Crippen molar-refractivity contribution in [2.75, 3.05) is 13.1 Å². The maximum Gasteiger partial charge on any atom is 0.237 e. The van der Waals surface area contributed by atoms with Crippen LogP contribution in [0.15, 0.2) is 0 Å². The Morgan fingerprint density at radius 1 is 1.44 bits per heavy atom. The molecule has 1 saturated heterocycles. The van der Waals surface area contributed by atoms with Gasteiger partial charge in [-0.25, -0.2) is 0 Å². The predicted octanol–water partition coefficient (Wildman–Crippen LogP) is 0.323. The van der Waals surface area contributed by atoms with Crippen molar-refractivity contribution in [3.05, 3.63) is 0 Å². The van der Waals surface area contributed by atoms with E-state index in [0.717, 1.165) is 32.4 Å². The van der Waals surface area contributed by atoms with Crippen LogP contribution < -0.4 is 11.1 Å². The molecule has 1 aliphatic carbocycles. The Labute approximate surface area is 97.6 Å². The van der Waals surface area contributed by atoms with Gasteiger partial charge in [-0.15, -0.1) is 0 Å². The van der Waals surface area contributed by atoms with Crippen LogP contribution in [0.2, 0.25) is 0 Å². The number of nitrogens with two attached hydrogens (primary N) is 1. The first-order chi connectivity index (χ1) is 7.58. The van der Waals surface area contributed by atoms with Crippen molar-refractivity contribution >= 4 is 5.91 Å². The number of hydrogen-bond donors (Lipinski definition) is 2. The summed E-state index contributed by atoms with van der Waals surface area (Å²) in [4.78, 5) is 14.2. The summed E-state index contributed by atoms with van der Waals surface area (Å²) in [6.07, 6.45) is 3.31. The number of piperidine rings is 1. The number of likely N-dealkylation sites (tertiary alicyclic amines) is 1. The molecule has 1 saturated carbocycles. The van der Waals surface area contributed by atoms with E-state index in [-0.39, 0.29) is 11.9 Å². The SMILES string of the molecule is CC1CN(C(C)C(=O)NC2CC2)CCC1N. The standard InChI is InChI=1S/C12H23N3O/c1-8-7-15(6-5-11(8)13)9(2)12(16)14-10-3-4-10/h8-11H,3-7,13H2,1-2H3,(H,14,16). The zero-order chi connectivity index (χ0) is 11.7. The lowest BCUT2D eigenvalue weighted by atomic mass is 9.94. The van der Waals surface area contributed by atoms with E-state index in [4.69, 9.17) is 5.73 Å². The summed E-state index contributed by atoms with van der Waals surface area (Å²) >= 11 is 0. The van der Waals surface area contributed by atoms with E-state index in [1.807, 2.05) is 6.92 Å². The van der Waals surface area contributed by atoms with Crippen molar-refractivity contribution in [2.45, 2.75) is 51.2 Å². The Hall–Kier alpha value is -0.610. The molecule has 4 nitrogen and oxygen atoms in total. The van der Waals surface area contributed by atoms with Gasteiger partial charge >= 0.3 is 0 Å². The molecule has 3 atom stereocenters. The summed E-state index contributed by atoms with van der Waals surface area (Å²) in [5.74, 6) is 0.676. The molecule has 3 unspecified atom stereocenters. The van der Waals surface area contributed by atoms with Crippen molar-refractivity contribution in [3.63, 3.8) is 0 Å². The monoisotopic (exact) mass is 225 g/mol. The lowest BCUT2D eigenvalue weighted by molar-refractivity contribution is -0.126. The third kappa shape index (κ3) is 2.74. The molecule has 2 rings (SSSR count). The normalized spacial score (nSPS) is 33.4. The second-order valence-corrected chi connectivity index (χ2v) is 5.38. The minimum Gasteiger partial charge on any atom is -0.352 e. The van der Waals surface area contributed by atoms with Crippen molar-refractivity contribution in [2.24, 2.45) is 11.7 Å². The van der Waals surface area contributed by atoms with E-state index in [2.05, 4.69) is 17.1 Å². The fourth-order valence-corrected chi connectivity index (χ4v) is 2.26. The molecule has 3 N–H and O–H groups in total. The molecule has 0 aromatic heterocycles. The van der Waals surface area contributed by atoms with Crippen molar-refractivity contribution in [3.8, 4) is 0 Å². The van der Waals surface area contributed by atoms with Crippen LogP contribution in [0.4, 0.5) is 0 Å². The summed E-state index contributed by atoms with van der Waals surface area (Å²) < 4.78 is 0. The van der Waals surface area contributed by atoms with E-state index >= 15 is 0 Å². The molecule has 1 heterocycles. The van der Waals surface area contributed by atoms with E-state index in [1.165, 1.54) is 0 Å². The van der Waals surface area contributed by atoms with Crippen LogP contribution in [-0.2, 0) is 4.79 Å². The topological polar surface area (TPSA) is 58.4 Å². The fraction of sp³-hybridized carbons (Fsp3) is 0.917. The van der Waals surface area contributed by atoms with Gasteiger partial charge in [0.2, 0.25) is 5.91 Å². The number of nitrogens with zero attached hydrogens (tertiary/aromatic N) is 1. The molecule has 16 heavy (non-hydrogen) atoms. The molecule has 0 radical (unpaired) electrons. The molecule has 0 aromatic carbocycles. The highest BCUT2D eigenvalue weighted by Crippen LogP contribution is 2.20. The highest BCUT2D eigenvalue weighted by Gasteiger charge is 2.31. The van der Waals surface area contributed by atoms with Gasteiger partial charge in [0.1, 0.15) is 0 Å². The Kier molecular flexibility index (Phi) is 3.50. The Morgan fingerprint density at radius 2 is 2.12 bits per heavy atom. The largest absolute Gasteiger partial charge is 0.352 e. The number of carbonyl (C=O) groups is 1. The minimum absolute atomic E-state index is 0.00412. The molecule has 1 amide bonds. The minimum atomic E-state index is -0.00412. The number of rotatable bonds is 3. The van der Waals surface area contributed by atoms with Gasteiger partial charge in [0.15, 0.2) is 0 Å². The zero-order valence-corrected chi connectivity index (χ0v) is 10.3. The van der Waals surface area contributed by atoms with Gasteiger partial charge in [0.25, 0.3) is 0 Å². The average Bonchev–Trinajstić information content (AvgIpc) is 3.05. The molecule has 92 valence electrons. The Balaban J connectivity index is 1.83. The van der Waals surface area contributed by atoms with E-state index in [1.54, 1.807) is 0 Å². The second-order valence-electron chi connectivity index (χ2n) is 5.38. The Morgan fingerprint density at radius 3 is 2.69 bits per heavy atom. The van der Waals surface area contributed by atoms with Gasteiger partial charge in [-0.1, -0.05) is 6.92 Å². The highest BCUT2D eigenvalue weighted by atomic mass is 16.2. The predicted molar refractivity (Wildman–Crippen MR) is 64.0 cm³/mol. The van der Waals surface area contributed by atoms with Gasteiger partial charge in [-0.05, 0) is 32.1 Å². The molecule has 0 bridgehead atoms. The molecule has 0 aromatic rings. The summed E-state index contributed by atoms with van der Waals surface area (Å²) in [6.45, 7) is 6.06. The molecule has 4 heteroatoms. The number of hydrogen-bond acceptors (Lipinski definition) is 3.